The Morgan fingerprint density at radius 1 is 0.429 bits per heavy atom. The molecule has 0 aromatic heterocycles. The second-order valence-electron chi connectivity index (χ2n) is 11.2. The standard InChI is InChI=1S/C32H45NO2/c1-2-6-12-26(13-7-3-1)33(27-18-22-31(23-19-27)34-29-14-8-4-9-15-29)28-20-24-32(25-21-28)35-30-16-10-5-11-17-30/h4-5,8-11,14-17,26-28,31-32H,1-3,6-7,12-13,18-25H2. The van der Waals surface area contributed by atoms with Crippen molar-refractivity contribution in [3.8, 4) is 11.5 Å². The van der Waals surface area contributed by atoms with Crippen LogP contribution in [-0.2, 0) is 0 Å². The molecule has 0 saturated heterocycles. The molecule has 2 aromatic carbocycles. The number of ether oxygens (including phenoxy) is 2. The Balaban J connectivity index is 1.21. The summed E-state index contributed by atoms with van der Waals surface area (Å²) in [6, 6.07) is 23.1. The molecule has 0 amide bonds. The van der Waals surface area contributed by atoms with Gasteiger partial charge in [0.15, 0.2) is 0 Å². The first-order valence-electron chi connectivity index (χ1n) is 14.6. The van der Waals surface area contributed by atoms with Crippen LogP contribution < -0.4 is 9.47 Å². The van der Waals surface area contributed by atoms with Gasteiger partial charge < -0.3 is 9.47 Å². The summed E-state index contributed by atoms with van der Waals surface area (Å²) < 4.78 is 12.7. The first-order valence-corrected chi connectivity index (χ1v) is 14.6. The van der Waals surface area contributed by atoms with Gasteiger partial charge in [-0.2, -0.15) is 0 Å². The van der Waals surface area contributed by atoms with Crippen LogP contribution in [0.1, 0.15) is 96.3 Å². The molecule has 5 rings (SSSR count). The summed E-state index contributed by atoms with van der Waals surface area (Å²) in [6.07, 6.45) is 20.6. The number of para-hydroxylation sites is 2. The minimum Gasteiger partial charge on any atom is -0.490 e. The topological polar surface area (TPSA) is 21.7 Å². The number of hydrogen-bond acceptors (Lipinski definition) is 3. The average molecular weight is 476 g/mol. The predicted octanol–water partition coefficient (Wildman–Crippen LogP) is 8.18. The van der Waals surface area contributed by atoms with Crippen molar-refractivity contribution < 1.29 is 9.47 Å². The van der Waals surface area contributed by atoms with Crippen LogP contribution in [0.25, 0.3) is 0 Å². The van der Waals surface area contributed by atoms with Gasteiger partial charge in [0.05, 0.1) is 12.2 Å². The number of nitrogens with zero attached hydrogens (tertiary/aromatic N) is 1. The molecule has 0 atom stereocenters. The zero-order valence-electron chi connectivity index (χ0n) is 21.5. The van der Waals surface area contributed by atoms with Gasteiger partial charge in [-0.25, -0.2) is 0 Å². The highest BCUT2D eigenvalue weighted by Crippen LogP contribution is 2.37. The molecule has 0 unspecified atom stereocenters. The van der Waals surface area contributed by atoms with Gasteiger partial charge in [-0.1, -0.05) is 68.5 Å². The average Bonchev–Trinajstić information content (AvgIpc) is 2.88. The molecule has 190 valence electrons. The second kappa shape index (κ2) is 12.8. The molecule has 3 heteroatoms. The van der Waals surface area contributed by atoms with E-state index >= 15 is 0 Å². The lowest BCUT2D eigenvalue weighted by Gasteiger charge is -2.48. The summed E-state index contributed by atoms with van der Waals surface area (Å²) in [5.41, 5.74) is 0. The zero-order valence-corrected chi connectivity index (χ0v) is 21.5. The molecule has 3 saturated carbocycles. The number of benzene rings is 2. The third-order valence-corrected chi connectivity index (χ3v) is 8.72. The van der Waals surface area contributed by atoms with Crippen LogP contribution in [0.2, 0.25) is 0 Å². The van der Waals surface area contributed by atoms with Gasteiger partial charge in [0, 0.05) is 18.1 Å². The molecule has 0 heterocycles. The lowest BCUT2D eigenvalue weighted by Crippen LogP contribution is -2.53. The third kappa shape index (κ3) is 7.03. The van der Waals surface area contributed by atoms with Crippen molar-refractivity contribution in [3.63, 3.8) is 0 Å². The smallest absolute Gasteiger partial charge is 0.119 e. The van der Waals surface area contributed by atoms with Crippen LogP contribution in [0.15, 0.2) is 60.7 Å². The summed E-state index contributed by atoms with van der Waals surface area (Å²) in [6.45, 7) is 0. The predicted molar refractivity (Wildman–Crippen MR) is 144 cm³/mol. The SMILES string of the molecule is c1ccc(OC2CCC(N(C3CCCCCCC3)C3CCC(Oc4ccccc4)CC3)CC2)cc1. The van der Waals surface area contributed by atoms with Crippen LogP contribution in [-0.4, -0.2) is 35.2 Å². The van der Waals surface area contributed by atoms with E-state index in [0.717, 1.165) is 29.6 Å². The highest BCUT2D eigenvalue weighted by molar-refractivity contribution is 5.22. The first-order chi connectivity index (χ1) is 17.3. The van der Waals surface area contributed by atoms with Crippen LogP contribution >= 0.6 is 0 Å². The molecule has 3 fully saturated rings. The molecule has 0 radical (unpaired) electrons. The quantitative estimate of drug-likeness (QED) is 0.403. The van der Waals surface area contributed by atoms with E-state index in [2.05, 4.69) is 65.6 Å². The molecule has 35 heavy (non-hydrogen) atoms. The van der Waals surface area contributed by atoms with E-state index in [1.54, 1.807) is 0 Å². The Hall–Kier alpha value is -2.00. The Labute approximate surface area is 213 Å². The Kier molecular flexibility index (Phi) is 9.03. The van der Waals surface area contributed by atoms with Gasteiger partial charge in [-0.05, 0) is 88.5 Å². The summed E-state index contributed by atoms with van der Waals surface area (Å²) in [5.74, 6) is 2.06. The summed E-state index contributed by atoms with van der Waals surface area (Å²) in [5, 5.41) is 0. The fourth-order valence-electron chi connectivity index (χ4n) is 6.93. The Morgan fingerprint density at radius 2 is 0.800 bits per heavy atom. The second-order valence-corrected chi connectivity index (χ2v) is 11.2. The van der Waals surface area contributed by atoms with Gasteiger partial charge in [0.25, 0.3) is 0 Å². The third-order valence-electron chi connectivity index (χ3n) is 8.72. The fraction of sp³-hybridized carbons (Fsp3) is 0.625. The lowest BCUT2D eigenvalue weighted by atomic mass is 9.83. The largest absolute Gasteiger partial charge is 0.490 e. The monoisotopic (exact) mass is 475 g/mol. The van der Waals surface area contributed by atoms with E-state index in [1.807, 2.05) is 0 Å². The van der Waals surface area contributed by atoms with Gasteiger partial charge >= 0.3 is 0 Å². The van der Waals surface area contributed by atoms with E-state index in [1.165, 1.54) is 96.3 Å². The Bertz CT molecular complexity index is 771. The van der Waals surface area contributed by atoms with E-state index in [-0.39, 0.29) is 0 Å². The molecule has 0 bridgehead atoms. The van der Waals surface area contributed by atoms with E-state index < -0.39 is 0 Å². The van der Waals surface area contributed by atoms with Crippen molar-refractivity contribution in [2.24, 2.45) is 0 Å². The van der Waals surface area contributed by atoms with E-state index in [0.29, 0.717) is 12.2 Å². The van der Waals surface area contributed by atoms with Gasteiger partial charge in [0.1, 0.15) is 11.5 Å². The molecule has 3 aliphatic carbocycles. The molecule has 3 aliphatic rings. The molecule has 3 nitrogen and oxygen atoms in total. The minimum atomic E-state index is 0.378. The van der Waals surface area contributed by atoms with Crippen LogP contribution in [0.3, 0.4) is 0 Å². The molecule has 0 spiro atoms. The summed E-state index contributed by atoms with van der Waals surface area (Å²) in [7, 11) is 0. The van der Waals surface area contributed by atoms with Crippen molar-refractivity contribution in [2.45, 2.75) is 127 Å². The Morgan fingerprint density at radius 3 is 1.23 bits per heavy atom. The van der Waals surface area contributed by atoms with Gasteiger partial charge in [-0.3, -0.25) is 4.90 Å². The maximum atomic E-state index is 6.35. The molecule has 0 aliphatic heterocycles. The van der Waals surface area contributed by atoms with Crippen molar-refractivity contribution in [1.29, 1.82) is 0 Å². The van der Waals surface area contributed by atoms with Crippen LogP contribution in [0, 0.1) is 0 Å². The first kappa shape index (κ1) is 24.7. The van der Waals surface area contributed by atoms with Crippen molar-refractivity contribution in [1.82, 2.24) is 4.90 Å². The van der Waals surface area contributed by atoms with Crippen LogP contribution in [0.5, 0.6) is 11.5 Å². The van der Waals surface area contributed by atoms with E-state index in [9.17, 15) is 0 Å². The van der Waals surface area contributed by atoms with Gasteiger partial charge in [0.2, 0.25) is 0 Å². The molecule has 2 aromatic rings. The number of hydrogen-bond donors (Lipinski definition) is 0. The number of rotatable bonds is 7. The lowest BCUT2D eigenvalue weighted by molar-refractivity contribution is -0.00471. The fourth-order valence-corrected chi connectivity index (χ4v) is 6.93. The summed E-state index contributed by atoms with van der Waals surface area (Å²) >= 11 is 0. The zero-order chi connectivity index (χ0) is 23.7. The van der Waals surface area contributed by atoms with E-state index in [4.69, 9.17) is 9.47 Å². The van der Waals surface area contributed by atoms with Crippen molar-refractivity contribution in [3.05, 3.63) is 60.7 Å². The highest BCUT2D eigenvalue weighted by atomic mass is 16.5. The molecular weight excluding hydrogens is 430 g/mol. The summed E-state index contributed by atoms with van der Waals surface area (Å²) in [4.78, 5) is 3.06. The maximum Gasteiger partial charge on any atom is 0.119 e. The molecular formula is C32H45NO2. The molecule has 0 N–H and O–H groups in total. The normalized spacial score (nSPS) is 28.7. The van der Waals surface area contributed by atoms with Crippen molar-refractivity contribution in [2.75, 3.05) is 0 Å². The highest BCUT2D eigenvalue weighted by Gasteiger charge is 2.37. The maximum absolute atomic E-state index is 6.35. The van der Waals surface area contributed by atoms with Crippen molar-refractivity contribution >= 4 is 0 Å². The minimum absolute atomic E-state index is 0.378. The van der Waals surface area contributed by atoms with Crippen LogP contribution in [0.4, 0.5) is 0 Å². The van der Waals surface area contributed by atoms with Gasteiger partial charge in [-0.15, -0.1) is 0 Å².